The average Bonchev–Trinajstić information content (AvgIpc) is 2.16. The van der Waals surface area contributed by atoms with Crippen LogP contribution in [0.2, 0.25) is 5.02 Å². The van der Waals surface area contributed by atoms with E-state index in [2.05, 4.69) is 4.98 Å². The maximum Gasteiger partial charge on any atom is 0.266 e. The minimum atomic E-state index is -2.82. The van der Waals surface area contributed by atoms with Gasteiger partial charge in [0.2, 0.25) is 0 Å². The first-order valence-corrected chi connectivity index (χ1v) is 3.81. The van der Waals surface area contributed by atoms with Crippen LogP contribution in [0.3, 0.4) is 0 Å². The van der Waals surface area contributed by atoms with Gasteiger partial charge in [-0.1, -0.05) is 11.6 Å². The Bertz CT molecular complexity index is 415. The van der Waals surface area contributed by atoms with E-state index in [0.29, 0.717) is 6.29 Å². The van der Waals surface area contributed by atoms with Crippen molar-refractivity contribution in [2.75, 3.05) is 0 Å². The van der Waals surface area contributed by atoms with Gasteiger partial charge in [0, 0.05) is 6.20 Å². The molecule has 0 amide bonds. The topological polar surface area (TPSA) is 53.8 Å². The van der Waals surface area contributed by atoms with Crippen molar-refractivity contribution in [3.8, 4) is 6.07 Å². The first-order chi connectivity index (χ1) is 6.61. The molecule has 0 unspecified atom stereocenters. The van der Waals surface area contributed by atoms with Crippen LogP contribution in [0.5, 0.6) is 0 Å². The van der Waals surface area contributed by atoms with Crippen molar-refractivity contribution in [1.82, 2.24) is 4.98 Å². The highest BCUT2D eigenvalue weighted by molar-refractivity contribution is 6.32. The number of nitrogens with zero attached hydrogens (tertiary/aromatic N) is 2. The van der Waals surface area contributed by atoms with Crippen LogP contribution in [0.15, 0.2) is 6.20 Å². The minimum absolute atomic E-state index is 0.234. The lowest BCUT2D eigenvalue weighted by Crippen LogP contribution is -1.98. The predicted molar refractivity (Wildman–Crippen MR) is 44.3 cm³/mol. The molecular formula is C8H3ClF2N2O. The first-order valence-electron chi connectivity index (χ1n) is 3.43. The molecule has 6 heteroatoms. The number of rotatable bonds is 2. The lowest BCUT2D eigenvalue weighted by molar-refractivity contribution is 0.111. The van der Waals surface area contributed by atoms with Gasteiger partial charge in [-0.25, -0.2) is 8.78 Å². The van der Waals surface area contributed by atoms with Gasteiger partial charge < -0.3 is 0 Å². The Balaban J connectivity index is 3.44. The van der Waals surface area contributed by atoms with Crippen molar-refractivity contribution in [3.05, 3.63) is 28.0 Å². The molecule has 0 aliphatic rings. The molecule has 0 atom stereocenters. The van der Waals surface area contributed by atoms with Crippen molar-refractivity contribution < 1.29 is 13.6 Å². The third-order valence-electron chi connectivity index (χ3n) is 1.53. The lowest BCUT2D eigenvalue weighted by Gasteiger charge is -2.04. The number of halogens is 3. The van der Waals surface area contributed by atoms with Gasteiger partial charge in [-0.2, -0.15) is 5.26 Å². The summed E-state index contributed by atoms with van der Waals surface area (Å²) in [5.41, 5.74) is -1.10. The Morgan fingerprint density at radius 3 is 2.71 bits per heavy atom. The molecule has 0 radical (unpaired) electrons. The fourth-order valence-electron chi connectivity index (χ4n) is 0.865. The van der Waals surface area contributed by atoms with E-state index in [9.17, 15) is 13.6 Å². The number of hydrogen-bond donors (Lipinski definition) is 0. The van der Waals surface area contributed by atoms with E-state index >= 15 is 0 Å². The van der Waals surface area contributed by atoms with Gasteiger partial charge in [-0.05, 0) is 0 Å². The number of carbonyl (C=O) groups is 1. The molecule has 0 aliphatic carbocycles. The summed E-state index contributed by atoms with van der Waals surface area (Å²) < 4.78 is 24.5. The molecule has 14 heavy (non-hydrogen) atoms. The summed E-state index contributed by atoms with van der Waals surface area (Å²) in [4.78, 5) is 13.8. The smallest absolute Gasteiger partial charge is 0.266 e. The molecule has 1 rings (SSSR count). The zero-order valence-corrected chi connectivity index (χ0v) is 7.42. The fraction of sp³-hybridized carbons (Fsp3) is 0.125. The van der Waals surface area contributed by atoms with Gasteiger partial charge in [0.05, 0.1) is 10.6 Å². The molecule has 3 nitrogen and oxygen atoms in total. The van der Waals surface area contributed by atoms with E-state index in [0.717, 1.165) is 6.20 Å². The Kier molecular flexibility index (Phi) is 3.10. The molecule has 0 spiro atoms. The van der Waals surface area contributed by atoms with Crippen LogP contribution in [0.1, 0.15) is 28.0 Å². The van der Waals surface area contributed by atoms with Crippen LogP contribution in [0.25, 0.3) is 0 Å². The van der Waals surface area contributed by atoms with E-state index in [1.807, 2.05) is 0 Å². The summed E-state index contributed by atoms with van der Waals surface area (Å²) in [6.07, 6.45) is -1.74. The molecule has 72 valence electrons. The van der Waals surface area contributed by atoms with Crippen LogP contribution in [0.4, 0.5) is 8.78 Å². The quantitative estimate of drug-likeness (QED) is 0.713. The van der Waals surface area contributed by atoms with E-state index in [-0.39, 0.29) is 11.3 Å². The Labute approximate surface area is 82.9 Å². The second-order valence-corrected chi connectivity index (χ2v) is 2.70. The molecule has 1 heterocycles. The average molecular weight is 217 g/mol. The van der Waals surface area contributed by atoms with Crippen LogP contribution < -0.4 is 0 Å². The predicted octanol–water partition coefficient (Wildman–Crippen LogP) is 2.36. The molecule has 0 N–H and O–H groups in total. The highest BCUT2D eigenvalue weighted by atomic mass is 35.5. The Hall–Kier alpha value is -1.54. The summed E-state index contributed by atoms with van der Waals surface area (Å²) >= 11 is 5.49. The van der Waals surface area contributed by atoms with Crippen LogP contribution in [0, 0.1) is 11.3 Å². The number of nitriles is 1. The van der Waals surface area contributed by atoms with E-state index in [1.165, 1.54) is 0 Å². The number of pyridine rings is 1. The van der Waals surface area contributed by atoms with E-state index < -0.39 is 17.0 Å². The number of aldehydes is 1. The molecular weight excluding hydrogens is 214 g/mol. The van der Waals surface area contributed by atoms with Gasteiger partial charge in [-0.3, -0.25) is 9.78 Å². The van der Waals surface area contributed by atoms with E-state index in [1.54, 1.807) is 6.07 Å². The molecule has 0 saturated heterocycles. The second-order valence-electron chi connectivity index (χ2n) is 2.32. The Morgan fingerprint density at radius 1 is 1.64 bits per heavy atom. The summed E-state index contributed by atoms with van der Waals surface area (Å²) in [5, 5.41) is 8.14. The summed E-state index contributed by atoms with van der Waals surface area (Å²) in [6.45, 7) is 0. The maximum atomic E-state index is 12.3. The number of hydrogen-bond acceptors (Lipinski definition) is 3. The molecule has 0 aromatic carbocycles. The van der Waals surface area contributed by atoms with Gasteiger partial charge in [-0.15, -0.1) is 0 Å². The summed E-state index contributed by atoms with van der Waals surface area (Å²) in [5.74, 6) is 0. The molecule has 0 bridgehead atoms. The van der Waals surface area contributed by atoms with Gasteiger partial charge >= 0.3 is 0 Å². The summed E-state index contributed by atoms with van der Waals surface area (Å²) in [7, 11) is 0. The van der Waals surface area contributed by atoms with Crippen LogP contribution in [-0.2, 0) is 0 Å². The van der Waals surface area contributed by atoms with Crippen LogP contribution in [-0.4, -0.2) is 11.3 Å². The van der Waals surface area contributed by atoms with Crippen molar-refractivity contribution in [3.63, 3.8) is 0 Å². The van der Waals surface area contributed by atoms with Gasteiger partial charge in [0.15, 0.2) is 6.29 Å². The number of aromatic nitrogens is 1. The maximum absolute atomic E-state index is 12.3. The fourth-order valence-corrected chi connectivity index (χ4v) is 1.14. The minimum Gasteiger partial charge on any atom is -0.296 e. The third-order valence-corrected chi connectivity index (χ3v) is 1.94. The monoisotopic (exact) mass is 216 g/mol. The van der Waals surface area contributed by atoms with Gasteiger partial charge in [0.1, 0.15) is 17.3 Å². The van der Waals surface area contributed by atoms with Gasteiger partial charge in [0.25, 0.3) is 6.43 Å². The zero-order valence-electron chi connectivity index (χ0n) is 6.67. The molecule has 1 aromatic heterocycles. The largest absolute Gasteiger partial charge is 0.296 e. The molecule has 1 aromatic rings. The summed E-state index contributed by atoms with van der Waals surface area (Å²) in [6, 6.07) is 1.55. The highest BCUT2D eigenvalue weighted by Gasteiger charge is 2.18. The normalized spacial score (nSPS) is 9.93. The molecule has 0 aliphatic heterocycles. The van der Waals surface area contributed by atoms with Crippen LogP contribution >= 0.6 is 11.6 Å². The van der Waals surface area contributed by atoms with Crippen molar-refractivity contribution >= 4 is 17.9 Å². The highest BCUT2D eigenvalue weighted by Crippen LogP contribution is 2.29. The molecule has 0 saturated carbocycles. The Morgan fingerprint density at radius 2 is 2.29 bits per heavy atom. The second kappa shape index (κ2) is 4.11. The standard InChI is InChI=1S/C8H3ClF2N2O/c9-7-4(1-12)6(3-14)13-2-5(7)8(10)11/h2-3,8H. The number of alkyl halides is 2. The number of carbonyl (C=O) groups excluding carboxylic acids is 1. The van der Waals surface area contributed by atoms with Crippen molar-refractivity contribution in [2.45, 2.75) is 6.43 Å². The molecule has 0 fully saturated rings. The van der Waals surface area contributed by atoms with E-state index in [4.69, 9.17) is 16.9 Å². The van der Waals surface area contributed by atoms with Crippen molar-refractivity contribution in [2.24, 2.45) is 0 Å². The SMILES string of the molecule is N#Cc1c(C=O)ncc(C(F)F)c1Cl. The lowest BCUT2D eigenvalue weighted by atomic mass is 10.1. The zero-order chi connectivity index (χ0) is 10.7. The third kappa shape index (κ3) is 1.70. The van der Waals surface area contributed by atoms with Crippen molar-refractivity contribution in [1.29, 1.82) is 5.26 Å². The first kappa shape index (κ1) is 10.5.